The van der Waals surface area contributed by atoms with Gasteiger partial charge < -0.3 is 4.74 Å². The second kappa shape index (κ2) is 13.7. The second-order valence-corrected chi connectivity index (χ2v) is 14.7. The van der Waals surface area contributed by atoms with Gasteiger partial charge in [0.2, 0.25) is 0 Å². The normalized spacial score (nSPS) is 19.8. The van der Waals surface area contributed by atoms with E-state index in [1.807, 2.05) is 41.4 Å². The van der Waals surface area contributed by atoms with Crippen molar-refractivity contribution in [1.82, 2.24) is 4.90 Å². The van der Waals surface area contributed by atoms with Crippen LogP contribution in [0.1, 0.15) is 87.0 Å². The van der Waals surface area contributed by atoms with Crippen molar-refractivity contribution in [2.75, 3.05) is 18.1 Å². The van der Waals surface area contributed by atoms with E-state index in [-0.39, 0.29) is 18.2 Å². The Morgan fingerprint density at radius 2 is 1.53 bits per heavy atom. The van der Waals surface area contributed by atoms with Gasteiger partial charge in [0.05, 0.1) is 18.7 Å². The molecule has 0 fully saturated rings. The summed E-state index contributed by atoms with van der Waals surface area (Å²) in [7, 11) is 0. The number of allylic oxidation sites excluding steroid dienone is 2. The van der Waals surface area contributed by atoms with Crippen molar-refractivity contribution in [3.63, 3.8) is 0 Å². The van der Waals surface area contributed by atoms with Gasteiger partial charge in [0.15, 0.2) is 0 Å². The summed E-state index contributed by atoms with van der Waals surface area (Å²) in [5.74, 6) is 9.30. The van der Waals surface area contributed by atoms with Gasteiger partial charge in [-0.3, -0.25) is 4.90 Å². The third-order valence-electron chi connectivity index (χ3n) is 5.60. The van der Waals surface area contributed by atoms with Crippen molar-refractivity contribution in [3.8, 4) is 11.8 Å². The molecule has 2 aliphatic heterocycles. The van der Waals surface area contributed by atoms with Crippen LogP contribution in [-0.4, -0.2) is 50.7 Å². The van der Waals surface area contributed by atoms with Crippen LogP contribution in [0.5, 0.6) is 0 Å². The average molecular weight is 504 g/mol. The Balaban J connectivity index is 2.10. The van der Waals surface area contributed by atoms with E-state index in [0.29, 0.717) is 16.1 Å². The maximum atomic E-state index is 12.9. The average Bonchev–Trinajstić information content (AvgIpc) is 2.85. The number of fused-ring (bicyclic) bond motifs is 2. The fraction of sp³-hybridized carbons (Fsp3) is 0.690. The maximum absolute atomic E-state index is 12.9. The molecule has 2 heterocycles. The van der Waals surface area contributed by atoms with Crippen molar-refractivity contribution >= 4 is 29.6 Å². The largest absolute Gasteiger partial charge is 0.450 e. The summed E-state index contributed by atoms with van der Waals surface area (Å²) in [6.45, 7) is 15.9. The van der Waals surface area contributed by atoms with Gasteiger partial charge in [-0.25, -0.2) is 4.79 Å². The Kier molecular flexibility index (Phi) is 11.7. The van der Waals surface area contributed by atoms with Crippen LogP contribution in [0.3, 0.4) is 0 Å². The van der Waals surface area contributed by atoms with Gasteiger partial charge in [0.25, 0.3) is 0 Å². The lowest BCUT2D eigenvalue weighted by Gasteiger charge is -2.27. The summed E-state index contributed by atoms with van der Waals surface area (Å²) in [4.78, 5) is 14.8. The highest BCUT2D eigenvalue weighted by atomic mass is 32.2. The summed E-state index contributed by atoms with van der Waals surface area (Å²) in [5, 5.41) is 0. The van der Waals surface area contributed by atoms with Gasteiger partial charge in [-0.2, -0.15) is 23.5 Å². The van der Waals surface area contributed by atoms with Crippen molar-refractivity contribution in [2.24, 2.45) is 0 Å². The van der Waals surface area contributed by atoms with E-state index in [4.69, 9.17) is 4.74 Å². The lowest BCUT2D eigenvalue weighted by molar-refractivity contribution is 0.102. The van der Waals surface area contributed by atoms with Crippen LogP contribution in [0.15, 0.2) is 35.5 Å². The van der Waals surface area contributed by atoms with Gasteiger partial charge in [-0.05, 0) is 56.1 Å². The number of hydrogen-bond donors (Lipinski definition) is 0. The zero-order chi connectivity index (χ0) is 25.2. The number of rotatable bonds is 10. The zero-order valence-electron chi connectivity index (χ0n) is 22.4. The molecule has 3 nitrogen and oxygen atoms in total. The van der Waals surface area contributed by atoms with Crippen molar-refractivity contribution in [3.05, 3.63) is 35.5 Å². The van der Waals surface area contributed by atoms with E-state index in [2.05, 4.69) is 71.6 Å². The zero-order valence-corrected chi connectivity index (χ0v) is 24.0. The molecule has 0 aliphatic carbocycles. The Hall–Kier alpha value is -1.25. The summed E-state index contributed by atoms with van der Waals surface area (Å²) in [6, 6.07) is -0.177. The molecule has 0 N–H and O–H groups in total. The molecule has 5 heteroatoms. The molecule has 190 valence electrons. The summed E-state index contributed by atoms with van der Waals surface area (Å²) in [5.41, 5.74) is 2.42. The molecule has 2 aliphatic rings. The molecule has 2 rings (SSSR count). The van der Waals surface area contributed by atoms with E-state index in [1.54, 1.807) is 0 Å². The van der Waals surface area contributed by atoms with Gasteiger partial charge in [-0.15, -0.1) is 0 Å². The van der Waals surface area contributed by atoms with Gasteiger partial charge in [0.1, 0.15) is 0 Å². The number of unbranched alkanes of at least 4 members (excludes halogenated alkanes) is 3. The van der Waals surface area contributed by atoms with E-state index >= 15 is 0 Å². The number of ether oxygens (including phenoxy) is 1. The number of amides is 1. The van der Waals surface area contributed by atoms with E-state index in [1.165, 1.54) is 24.2 Å². The van der Waals surface area contributed by atoms with Gasteiger partial charge in [-0.1, -0.05) is 77.7 Å². The number of hydrogen-bond acceptors (Lipinski definition) is 4. The maximum Gasteiger partial charge on any atom is 0.411 e. The standard InChI is InChI=1S/C29H45NO2S2/c1-8-32-27(31)30-25-19-12-13-20-26(30)24(18-14-16-22-34-29(5,6)7)23(25)17-11-9-10-15-21-33-28(2,3)4/h12-13,19-20,25-26H,8-10,14-16,18,21-22H2,1-7H3. The first-order chi connectivity index (χ1) is 16.0. The minimum Gasteiger partial charge on any atom is -0.450 e. The number of thioether (sulfide) groups is 2. The van der Waals surface area contributed by atoms with Crippen LogP contribution in [-0.2, 0) is 4.74 Å². The summed E-state index contributed by atoms with van der Waals surface area (Å²) < 4.78 is 6.06. The quantitative estimate of drug-likeness (QED) is 0.223. The fourth-order valence-electron chi connectivity index (χ4n) is 4.08. The van der Waals surface area contributed by atoms with Crippen LogP contribution in [0.4, 0.5) is 4.79 Å². The monoisotopic (exact) mass is 503 g/mol. The van der Waals surface area contributed by atoms with E-state index in [9.17, 15) is 4.79 Å². The van der Waals surface area contributed by atoms with Crippen LogP contribution < -0.4 is 0 Å². The molecule has 2 bridgehead atoms. The third-order valence-corrected chi connectivity index (χ3v) is 8.32. The van der Waals surface area contributed by atoms with E-state index in [0.717, 1.165) is 37.0 Å². The minimum atomic E-state index is -0.245. The molecule has 0 saturated heterocycles. The molecule has 1 amide bonds. The molecule has 34 heavy (non-hydrogen) atoms. The summed E-state index contributed by atoms with van der Waals surface area (Å²) >= 11 is 4.04. The first-order valence-corrected chi connectivity index (χ1v) is 14.8. The van der Waals surface area contributed by atoms with Crippen LogP contribution in [0.2, 0.25) is 0 Å². The molecule has 0 aromatic heterocycles. The lowest BCUT2D eigenvalue weighted by Crippen LogP contribution is -2.41. The summed E-state index contributed by atoms with van der Waals surface area (Å²) in [6.07, 6.45) is 14.6. The molecule has 0 aromatic carbocycles. The number of nitrogens with zero attached hydrogens (tertiary/aromatic N) is 1. The number of carbonyl (C=O) groups excluding carboxylic acids is 1. The number of carbonyl (C=O) groups is 1. The first-order valence-electron chi connectivity index (χ1n) is 12.8. The predicted molar refractivity (Wildman–Crippen MR) is 152 cm³/mol. The predicted octanol–water partition coefficient (Wildman–Crippen LogP) is 8.03. The van der Waals surface area contributed by atoms with Crippen molar-refractivity contribution in [2.45, 2.75) is 109 Å². The molecule has 0 spiro atoms. The highest BCUT2D eigenvalue weighted by molar-refractivity contribution is 8.00. The molecule has 0 saturated carbocycles. The molecule has 0 radical (unpaired) electrons. The van der Waals surface area contributed by atoms with E-state index < -0.39 is 0 Å². The van der Waals surface area contributed by atoms with Crippen LogP contribution >= 0.6 is 23.5 Å². The van der Waals surface area contributed by atoms with Crippen LogP contribution in [0.25, 0.3) is 0 Å². The Morgan fingerprint density at radius 1 is 0.941 bits per heavy atom. The Labute approximate surface area is 217 Å². The molecule has 2 unspecified atom stereocenters. The minimum absolute atomic E-state index is 0.0539. The highest BCUT2D eigenvalue weighted by Gasteiger charge is 2.41. The second-order valence-electron chi connectivity index (χ2n) is 10.8. The molecular formula is C29H45NO2S2. The van der Waals surface area contributed by atoms with Gasteiger partial charge >= 0.3 is 6.09 Å². The van der Waals surface area contributed by atoms with Crippen molar-refractivity contribution in [1.29, 1.82) is 0 Å². The molecule has 2 atom stereocenters. The van der Waals surface area contributed by atoms with Crippen molar-refractivity contribution < 1.29 is 9.53 Å². The molecular weight excluding hydrogens is 458 g/mol. The Bertz CT molecular complexity index is 818. The smallest absolute Gasteiger partial charge is 0.411 e. The topological polar surface area (TPSA) is 29.5 Å². The lowest BCUT2D eigenvalue weighted by atomic mass is 9.95. The van der Waals surface area contributed by atoms with Gasteiger partial charge in [0, 0.05) is 21.5 Å². The highest BCUT2D eigenvalue weighted by Crippen LogP contribution is 2.37. The third kappa shape index (κ3) is 9.78. The Morgan fingerprint density at radius 3 is 2.12 bits per heavy atom. The van der Waals surface area contributed by atoms with Crippen LogP contribution in [0, 0.1) is 11.8 Å². The fourth-order valence-corrected chi connectivity index (χ4v) is 6.00. The molecule has 0 aromatic rings. The SMILES string of the molecule is CCOC(=O)N1C2C=CC=CC1C(CCCCSC(C)(C)C)=C2C#CCCCCSC(C)(C)C. The first kappa shape index (κ1) is 29.0.